The summed E-state index contributed by atoms with van der Waals surface area (Å²) in [7, 11) is 0. The monoisotopic (exact) mass is 919 g/mol. The Bertz CT molecular complexity index is 1290. The predicted octanol–water partition coefficient (Wildman–Crippen LogP) is 18.4. The van der Waals surface area contributed by atoms with E-state index in [-0.39, 0.29) is 31.1 Å². The van der Waals surface area contributed by atoms with Crippen LogP contribution < -0.4 is 0 Å². The molecular formula is C60H102O6. The number of hydrogen-bond donors (Lipinski definition) is 0. The van der Waals surface area contributed by atoms with Crippen LogP contribution in [0.25, 0.3) is 0 Å². The Kier molecular flexibility index (Phi) is 51.4. The van der Waals surface area contributed by atoms with Gasteiger partial charge in [0.2, 0.25) is 0 Å². The summed E-state index contributed by atoms with van der Waals surface area (Å²) in [6.07, 6.45) is 70.0. The van der Waals surface area contributed by atoms with Crippen molar-refractivity contribution in [1.82, 2.24) is 0 Å². The lowest BCUT2D eigenvalue weighted by Gasteiger charge is -2.18. The van der Waals surface area contributed by atoms with Gasteiger partial charge in [-0.2, -0.15) is 0 Å². The second-order valence-corrected chi connectivity index (χ2v) is 18.2. The van der Waals surface area contributed by atoms with Crippen LogP contribution in [0.1, 0.15) is 258 Å². The molecule has 0 heterocycles. The maximum absolute atomic E-state index is 12.8. The van der Waals surface area contributed by atoms with E-state index in [1.165, 1.54) is 128 Å². The maximum Gasteiger partial charge on any atom is 0.306 e. The van der Waals surface area contributed by atoms with Crippen LogP contribution in [-0.2, 0) is 28.6 Å². The number of esters is 3. The molecule has 0 aromatic heterocycles. The molecule has 0 saturated heterocycles. The zero-order chi connectivity index (χ0) is 47.9. The molecule has 0 N–H and O–H groups in total. The first-order valence-electron chi connectivity index (χ1n) is 27.6. The molecule has 0 aromatic rings. The molecule has 0 aromatic carbocycles. The van der Waals surface area contributed by atoms with Crippen molar-refractivity contribution in [3.05, 3.63) is 85.1 Å². The lowest BCUT2D eigenvalue weighted by Crippen LogP contribution is -2.30. The first kappa shape index (κ1) is 62.6. The Morgan fingerprint density at radius 2 is 0.667 bits per heavy atom. The number of hydrogen-bond acceptors (Lipinski definition) is 6. The third-order valence-electron chi connectivity index (χ3n) is 11.7. The van der Waals surface area contributed by atoms with Crippen molar-refractivity contribution in [3.63, 3.8) is 0 Å². The van der Waals surface area contributed by atoms with Gasteiger partial charge >= 0.3 is 17.9 Å². The van der Waals surface area contributed by atoms with E-state index in [4.69, 9.17) is 14.2 Å². The Morgan fingerprint density at radius 1 is 0.333 bits per heavy atom. The van der Waals surface area contributed by atoms with Crippen LogP contribution in [0, 0.1) is 0 Å². The predicted molar refractivity (Wildman–Crippen MR) is 284 cm³/mol. The molecule has 0 aliphatic carbocycles. The van der Waals surface area contributed by atoms with E-state index in [1.807, 2.05) is 30.4 Å². The summed E-state index contributed by atoms with van der Waals surface area (Å²) in [6, 6.07) is 0. The van der Waals surface area contributed by atoms with Crippen LogP contribution >= 0.6 is 0 Å². The highest BCUT2D eigenvalue weighted by Crippen LogP contribution is 2.16. The van der Waals surface area contributed by atoms with E-state index in [9.17, 15) is 14.4 Å². The Labute approximate surface area is 407 Å². The smallest absolute Gasteiger partial charge is 0.306 e. The molecule has 6 heteroatoms. The highest BCUT2D eigenvalue weighted by atomic mass is 16.6. The number of ether oxygens (including phenoxy) is 3. The molecule has 1 atom stereocenters. The zero-order valence-corrected chi connectivity index (χ0v) is 43.2. The number of unbranched alkanes of at least 4 members (excludes halogenated alkanes) is 27. The van der Waals surface area contributed by atoms with Gasteiger partial charge in [0.25, 0.3) is 0 Å². The van der Waals surface area contributed by atoms with Gasteiger partial charge < -0.3 is 14.2 Å². The Hall–Kier alpha value is -3.41. The Balaban J connectivity index is 4.40. The van der Waals surface area contributed by atoms with E-state index < -0.39 is 6.10 Å². The molecule has 0 aliphatic heterocycles. The summed E-state index contributed by atoms with van der Waals surface area (Å²) in [5.74, 6) is -0.930. The fourth-order valence-corrected chi connectivity index (χ4v) is 7.64. The Morgan fingerprint density at radius 3 is 1.12 bits per heavy atom. The van der Waals surface area contributed by atoms with E-state index in [0.717, 1.165) is 89.9 Å². The zero-order valence-electron chi connectivity index (χ0n) is 43.2. The topological polar surface area (TPSA) is 78.9 Å². The first-order valence-corrected chi connectivity index (χ1v) is 27.6. The lowest BCUT2D eigenvalue weighted by molar-refractivity contribution is -0.167. The minimum absolute atomic E-state index is 0.0907. The van der Waals surface area contributed by atoms with Crippen LogP contribution in [0.5, 0.6) is 0 Å². The molecule has 1 unspecified atom stereocenters. The van der Waals surface area contributed by atoms with Crippen molar-refractivity contribution in [1.29, 1.82) is 0 Å². The third kappa shape index (κ3) is 51.6. The van der Waals surface area contributed by atoms with Crippen molar-refractivity contribution >= 4 is 17.9 Å². The average Bonchev–Trinajstić information content (AvgIpc) is 3.31. The van der Waals surface area contributed by atoms with Crippen molar-refractivity contribution in [2.24, 2.45) is 0 Å². The van der Waals surface area contributed by atoms with E-state index in [0.29, 0.717) is 19.3 Å². The van der Waals surface area contributed by atoms with Gasteiger partial charge in [-0.3, -0.25) is 14.4 Å². The van der Waals surface area contributed by atoms with Gasteiger partial charge in [-0.05, 0) is 70.6 Å². The molecule has 66 heavy (non-hydrogen) atoms. The van der Waals surface area contributed by atoms with E-state index in [2.05, 4.69) is 75.5 Å². The van der Waals surface area contributed by atoms with Crippen LogP contribution in [0.15, 0.2) is 85.1 Å². The maximum atomic E-state index is 12.8. The van der Waals surface area contributed by atoms with Gasteiger partial charge in [0.1, 0.15) is 13.2 Å². The summed E-state index contributed by atoms with van der Waals surface area (Å²) in [5, 5.41) is 0. The van der Waals surface area contributed by atoms with Gasteiger partial charge in [0, 0.05) is 19.3 Å². The van der Waals surface area contributed by atoms with Crippen LogP contribution in [0.4, 0.5) is 0 Å². The molecule has 0 spiro atoms. The highest BCUT2D eigenvalue weighted by molar-refractivity contribution is 5.71. The normalized spacial score (nSPS) is 12.7. The van der Waals surface area contributed by atoms with Gasteiger partial charge in [0.05, 0.1) is 0 Å². The van der Waals surface area contributed by atoms with Crippen LogP contribution in [-0.4, -0.2) is 37.2 Å². The van der Waals surface area contributed by atoms with Gasteiger partial charge in [-0.1, -0.05) is 254 Å². The average molecular weight is 919 g/mol. The molecule has 378 valence electrons. The minimum atomic E-state index is -0.793. The summed E-state index contributed by atoms with van der Waals surface area (Å²) in [6.45, 7) is 6.37. The van der Waals surface area contributed by atoms with E-state index in [1.54, 1.807) is 0 Å². The van der Waals surface area contributed by atoms with Gasteiger partial charge in [-0.15, -0.1) is 0 Å². The molecule has 0 bridgehead atoms. The third-order valence-corrected chi connectivity index (χ3v) is 11.7. The first-order chi connectivity index (χ1) is 32.5. The standard InChI is InChI=1S/C60H102O6/c1-4-7-10-13-16-19-22-25-27-29-30-31-33-35-38-41-44-47-50-53-59(62)65-56-57(55-64-58(61)52-49-46-43-40-37-34-24-21-18-15-12-9-6-3)66-60(63)54-51-48-45-42-39-36-32-28-26-23-20-17-14-11-8-5-2/h7,9-10,12,15-16,18-19,21,24-25,27,34,37,57H,4-6,8,11,13-14,17,20,22-23,26,28-33,35-36,38-56H2,1-3H3/b10-7+,12-9+,18-15+,19-16+,24-21+,27-25+,37-34+. The number of carbonyl (C=O) groups excluding carboxylic acids is 3. The molecule has 6 nitrogen and oxygen atoms in total. The second-order valence-electron chi connectivity index (χ2n) is 18.2. The minimum Gasteiger partial charge on any atom is -0.462 e. The highest BCUT2D eigenvalue weighted by Gasteiger charge is 2.19. The van der Waals surface area contributed by atoms with Crippen molar-refractivity contribution < 1.29 is 28.6 Å². The van der Waals surface area contributed by atoms with Crippen molar-refractivity contribution in [2.45, 2.75) is 264 Å². The number of allylic oxidation sites excluding steroid dienone is 14. The molecule has 0 saturated carbocycles. The van der Waals surface area contributed by atoms with Crippen LogP contribution in [0.3, 0.4) is 0 Å². The largest absolute Gasteiger partial charge is 0.462 e. The number of rotatable bonds is 49. The SMILES string of the molecule is CC/C=C/C=C/C=C/C=C/CCCCCC(=O)OCC(COC(=O)CCCCCCCCCCC/C=C/C/C=C/C/C=C/CC)OC(=O)CCCCCCCCCCCCCCCCCC. The fourth-order valence-electron chi connectivity index (χ4n) is 7.64. The van der Waals surface area contributed by atoms with Crippen molar-refractivity contribution in [3.8, 4) is 0 Å². The van der Waals surface area contributed by atoms with Gasteiger partial charge in [0.15, 0.2) is 6.10 Å². The number of carbonyl (C=O) groups is 3. The fraction of sp³-hybridized carbons (Fsp3) is 0.717. The van der Waals surface area contributed by atoms with E-state index >= 15 is 0 Å². The quantitative estimate of drug-likeness (QED) is 0.0199. The summed E-state index contributed by atoms with van der Waals surface area (Å²) in [4.78, 5) is 38.1. The second kappa shape index (κ2) is 54.2. The van der Waals surface area contributed by atoms with Gasteiger partial charge in [-0.25, -0.2) is 0 Å². The molecule has 0 fully saturated rings. The molecule has 0 aliphatic rings. The van der Waals surface area contributed by atoms with Crippen LogP contribution in [0.2, 0.25) is 0 Å². The summed E-state index contributed by atoms with van der Waals surface area (Å²) in [5.41, 5.74) is 0. The molecule has 0 amide bonds. The molecular weight excluding hydrogens is 817 g/mol. The summed E-state index contributed by atoms with van der Waals surface area (Å²) >= 11 is 0. The molecule has 0 radical (unpaired) electrons. The lowest BCUT2D eigenvalue weighted by atomic mass is 10.0. The summed E-state index contributed by atoms with van der Waals surface area (Å²) < 4.78 is 16.8. The molecule has 0 rings (SSSR count). The van der Waals surface area contributed by atoms with Crippen molar-refractivity contribution in [2.75, 3.05) is 13.2 Å².